The molecule has 2 rings (SSSR count). The topological polar surface area (TPSA) is 58.2 Å². The maximum atomic E-state index is 13.5. The molecule has 0 heterocycles. The first-order valence-electron chi connectivity index (χ1n) is 6.90. The zero-order valence-corrected chi connectivity index (χ0v) is 12.0. The van der Waals surface area contributed by atoms with Gasteiger partial charge < -0.3 is 10.6 Å². The van der Waals surface area contributed by atoms with Crippen molar-refractivity contribution >= 4 is 17.5 Å². The third-order valence-corrected chi connectivity index (χ3v) is 3.49. The summed E-state index contributed by atoms with van der Waals surface area (Å²) in [4.78, 5) is 24.3. The van der Waals surface area contributed by atoms with E-state index in [2.05, 4.69) is 10.6 Å². The monoisotopic (exact) mass is 296 g/mol. The molecule has 0 spiro atoms. The first-order chi connectivity index (χ1) is 9.86. The van der Waals surface area contributed by atoms with Crippen LogP contribution >= 0.6 is 0 Å². The Morgan fingerprint density at radius 1 is 1.19 bits per heavy atom. The van der Waals surface area contributed by atoms with Gasteiger partial charge in [-0.3, -0.25) is 9.59 Å². The van der Waals surface area contributed by atoms with Crippen molar-refractivity contribution in [3.05, 3.63) is 29.8 Å². The number of halogens is 2. The molecule has 0 saturated heterocycles. The van der Waals surface area contributed by atoms with Gasteiger partial charge in [0, 0.05) is 6.54 Å². The predicted molar refractivity (Wildman–Crippen MR) is 74.5 cm³/mol. The maximum absolute atomic E-state index is 13.5. The Morgan fingerprint density at radius 3 is 2.24 bits per heavy atom. The molecule has 114 valence electrons. The Labute approximate surface area is 121 Å². The molecular weight excluding hydrogens is 278 g/mol. The quantitative estimate of drug-likeness (QED) is 0.820. The van der Waals surface area contributed by atoms with E-state index in [1.54, 1.807) is 0 Å². The van der Waals surface area contributed by atoms with Gasteiger partial charge in [0.05, 0.1) is 0 Å². The number of hydrogen-bond donors (Lipinski definition) is 2. The molecule has 1 aliphatic carbocycles. The van der Waals surface area contributed by atoms with Crippen LogP contribution in [-0.2, 0) is 9.59 Å². The molecule has 2 N–H and O–H groups in total. The molecule has 1 aromatic rings. The summed E-state index contributed by atoms with van der Waals surface area (Å²) in [6.45, 7) is 4.34. The average molecular weight is 296 g/mol. The van der Waals surface area contributed by atoms with Gasteiger partial charge in [-0.05, 0) is 30.9 Å². The number of amides is 2. The maximum Gasteiger partial charge on any atom is 0.240 e. The van der Waals surface area contributed by atoms with Gasteiger partial charge in [-0.2, -0.15) is 0 Å². The number of benzene rings is 1. The molecule has 1 aromatic carbocycles. The summed E-state index contributed by atoms with van der Waals surface area (Å²) >= 11 is 0. The van der Waals surface area contributed by atoms with Gasteiger partial charge in [0.1, 0.15) is 22.7 Å². The summed E-state index contributed by atoms with van der Waals surface area (Å²) in [5.74, 6) is -2.50. The van der Waals surface area contributed by atoms with Crippen LogP contribution in [0.15, 0.2) is 18.2 Å². The highest BCUT2D eigenvalue weighted by molar-refractivity contribution is 6.13. The van der Waals surface area contributed by atoms with Gasteiger partial charge in [0.15, 0.2) is 0 Å². The molecule has 0 radical (unpaired) electrons. The fourth-order valence-electron chi connectivity index (χ4n) is 2.00. The minimum absolute atomic E-state index is 0.261. The van der Waals surface area contributed by atoms with E-state index in [0.717, 1.165) is 12.1 Å². The fourth-order valence-corrected chi connectivity index (χ4v) is 2.00. The molecule has 21 heavy (non-hydrogen) atoms. The van der Waals surface area contributed by atoms with Crippen molar-refractivity contribution in [2.75, 3.05) is 11.9 Å². The van der Waals surface area contributed by atoms with Crippen molar-refractivity contribution in [2.24, 2.45) is 11.3 Å². The number of hydrogen-bond acceptors (Lipinski definition) is 2. The van der Waals surface area contributed by atoms with Crippen LogP contribution in [0.4, 0.5) is 14.5 Å². The molecule has 1 saturated carbocycles. The molecule has 0 aliphatic heterocycles. The summed E-state index contributed by atoms with van der Waals surface area (Å²) < 4.78 is 27.0. The van der Waals surface area contributed by atoms with Crippen LogP contribution in [0, 0.1) is 23.0 Å². The predicted octanol–water partition coefficient (Wildman–Crippen LogP) is 2.46. The number of rotatable bonds is 5. The number of carbonyl (C=O) groups is 2. The molecule has 0 aromatic heterocycles. The molecule has 1 fully saturated rings. The SMILES string of the molecule is CC(C)CNC(=O)C1(C(=O)Nc2c(F)cccc2F)CC1. The van der Waals surface area contributed by atoms with E-state index in [1.807, 2.05) is 13.8 Å². The van der Waals surface area contributed by atoms with Crippen LogP contribution in [0.1, 0.15) is 26.7 Å². The smallest absolute Gasteiger partial charge is 0.240 e. The normalized spacial score (nSPS) is 15.7. The van der Waals surface area contributed by atoms with Crippen LogP contribution in [0.5, 0.6) is 0 Å². The van der Waals surface area contributed by atoms with Crippen molar-refractivity contribution in [3.8, 4) is 0 Å². The molecule has 6 heteroatoms. The highest BCUT2D eigenvalue weighted by Gasteiger charge is 2.56. The number of para-hydroxylation sites is 1. The van der Waals surface area contributed by atoms with Gasteiger partial charge in [0.25, 0.3) is 0 Å². The summed E-state index contributed by atoms with van der Waals surface area (Å²) in [5.41, 5.74) is -1.70. The molecule has 1 aliphatic rings. The largest absolute Gasteiger partial charge is 0.355 e. The van der Waals surface area contributed by atoms with Crippen LogP contribution in [-0.4, -0.2) is 18.4 Å². The Hall–Kier alpha value is -1.98. The fraction of sp³-hybridized carbons (Fsp3) is 0.467. The second-order valence-electron chi connectivity index (χ2n) is 5.74. The van der Waals surface area contributed by atoms with Gasteiger partial charge in [0.2, 0.25) is 11.8 Å². The lowest BCUT2D eigenvalue weighted by Crippen LogP contribution is -2.41. The van der Waals surface area contributed by atoms with Crippen molar-refractivity contribution in [3.63, 3.8) is 0 Å². The van der Waals surface area contributed by atoms with E-state index in [-0.39, 0.29) is 11.8 Å². The van der Waals surface area contributed by atoms with E-state index < -0.39 is 28.6 Å². The van der Waals surface area contributed by atoms with E-state index in [4.69, 9.17) is 0 Å². The third-order valence-electron chi connectivity index (χ3n) is 3.49. The standard InChI is InChI=1S/C15H18F2N2O2/c1-9(2)8-18-13(20)15(6-7-15)14(21)19-12-10(16)4-3-5-11(12)17/h3-5,9H,6-8H2,1-2H3,(H,18,20)(H,19,21). The molecule has 4 nitrogen and oxygen atoms in total. The third kappa shape index (κ3) is 3.20. The van der Waals surface area contributed by atoms with Crippen LogP contribution in [0.3, 0.4) is 0 Å². The van der Waals surface area contributed by atoms with E-state index >= 15 is 0 Å². The molecule has 0 unspecified atom stereocenters. The zero-order chi connectivity index (χ0) is 15.6. The first kappa shape index (κ1) is 15.4. The molecule has 0 bridgehead atoms. The Bertz CT molecular complexity index is 549. The van der Waals surface area contributed by atoms with Crippen LogP contribution in [0.25, 0.3) is 0 Å². The summed E-state index contributed by atoms with van der Waals surface area (Å²) in [7, 11) is 0. The van der Waals surface area contributed by atoms with Crippen molar-refractivity contribution in [1.29, 1.82) is 0 Å². The van der Waals surface area contributed by atoms with Gasteiger partial charge in [-0.1, -0.05) is 19.9 Å². The van der Waals surface area contributed by atoms with Crippen LogP contribution in [0.2, 0.25) is 0 Å². The highest BCUT2D eigenvalue weighted by Crippen LogP contribution is 2.47. The second kappa shape index (κ2) is 5.79. The lowest BCUT2D eigenvalue weighted by molar-refractivity contribution is -0.134. The van der Waals surface area contributed by atoms with E-state index in [0.29, 0.717) is 19.4 Å². The summed E-state index contributed by atoms with van der Waals surface area (Å²) in [6, 6.07) is 3.32. The molecular formula is C15H18F2N2O2. The van der Waals surface area contributed by atoms with Crippen LogP contribution < -0.4 is 10.6 Å². The number of anilines is 1. The lowest BCUT2D eigenvalue weighted by atomic mass is 10.0. The molecule has 0 atom stereocenters. The summed E-state index contributed by atoms with van der Waals surface area (Å²) in [5, 5.41) is 4.89. The van der Waals surface area contributed by atoms with Crippen molar-refractivity contribution < 1.29 is 18.4 Å². The Balaban J connectivity index is 2.08. The van der Waals surface area contributed by atoms with Gasteiger partial charge in [-0.25, -0.2) is 8.78 Å². The Morgan fingerprint density at radius 2 is 1.76 bits per heavy atom. The lowest BCUT2D eigenvalue weighted by Gasteiger charge is -2.17. The molecule has 2 amide bonds. The van der Waals surface area contributed by atoms with E-state index in [9.17, 15) is 18.4 Å². The van der Waals surface area contributed by atoms with E-state index in [1.165, 1.54) is 6.07 Å². The number of carbonyl (C=O) groups excluding carboxylic acids is 2. The first-order valence-corrected chi connectivity index (χ1v) is 6.90. The Kier molecular flexibility index (Phi) is 4.25. The average Bonchev–Trinajstić information content (AvgIpc) is 3.21. The minimum Gasteiger partial charge on any atom is -0.355 e. The zero-order valence-electron chi connectivity index (χ0n) is 12.0. The van der Waals surface area contributed by atoms with Gasteiger partial charge in [-0.15, -0.1) is 0 Å². The second-order valence-corrected chi connectivity index (χ2v) is 5.74. The minimum atomic E-state index is -1.19. The van der Waals surface area contributed by atoms with Crippen molar-refractivity contribution in [1.82, 2.24) is 5.32 Å². The van der Waals surface area contributed by atoms with Crippen molar-refractivity contribution in [2.45, 2.75) is 26.7 Å². The summed E-state index contributed by atoms with van der Waals surface area (Å²) in [6.07, 6.45) is 0.775. The number of nitrogens with one attached hydrogen (secondary N) is 2. The highest BCUT2D eigenvalue weighted by atomic mass is 19.1. The van der Waals surface area contributed by atoms with Gasteiger partial charge >= 0.3 is 0 Å².